The number of nitrogens with zero attached hydrogens (tertiary/aromatic N) is 1. The van der Waals surface area contributed by atoms with Crippen molar-refractivity contribution >= 4 is 63.5 Å². The molecule has 0 bridgehead atoms. The third-order valence-electron chi connectivity index (χ3n) is 3.72. The number of methoxy groups -OCH3 is 1. The molecule has 2 rings (SSSR count). The number of thioether (sulfide) groups is 1. The van der Waals surface area contributed by atoms with Crippen molar-refractivity contribution in [3.63, 3.8) is 0 Å². The second-order valence-electron chi connectivity index (χ2n) is 6.43. The number of imide groups is 1. The number of benzene rings is 1. The Morgan fingerprint density at radius 3 is 2.52 bits per heavy atom. The van der Waals surface area contributed by atoms with Crippen molar-refractivity contribution in [1.82, 2.24) is 4.90 Å². The Balaban J connectivity index is 2.26. The summed E-state index contributed by atoms with van der Waals surface area (Å²) in [5.74, 6) is -1.01. The second kappa shape index (κ2) is 11.4. The van der Waals surface area contributed by atoms with Crippen LogP contribution in [-0.2, 0) is 23.9 Å². The fourth-order valence-corrected chi connectivity index (χ4v) is 4.10. The monoisotopic (exact) mass is 563 g/mol. The largest absolute Gasteiger partial charge is 0.490 e. The SMILES string of the molecule is CCOc1cc(/C=C2\SC(=O)N(CC(=O)OC(C)C)C2=O)cc(I)c1OCC(=O)OC. The first-order valence-electron chi connectivity index (χ1n) is 9.27. The molecule has 0 unspecified atom stereocenters. The lowest BCUT2D eigenvalue weighted by atomic mass is 10.2. The summed E-state index contributed by atoms with van der Waals surface area (Å²) < 4.78 is 21.3. The molecule has 0 N–H and O–H groups in total. The van der Waals surface area contributed by atoms with Gasteiger partial charge in [0.15, 0.2) is 18.1 Å². The zero-order chi connectivity index (χ0) is 23.1. The van der Waals surface area contributed by atoms with E-state index >= 15 is 0 Å². The number of halogens is 1. The Hall–Kier alpha value is -2.28. The van der Waals surface area contributed by atoms with Gasteiger partial charge in [-0.2, -0.15) is 0 Å². The molecule has 1 heterocycles. The maximum Gasteiger partial charge on any atom is 0.343 e. The van der Waals surface area contributed by atoms with Gasteiger partial charge in [0.05, 0.1) is 28.3 Å². The molecular formula is C20H22INO8S. The van der Waals surface area contributed by atoms with E-state index in [1.54, 1.807) is 32.9 Å². The molecule has 0 atom stereocenters. The molecule has 1 aliphatic heterocycles. The highest BCUT2D eigenvalue weighted by Crippen LogP contribution is 2.37. The van der Waals surface area contributed by atoms with E-state index in [2.05, 4.69) is 4.74 Å². The fourth-order valence-electron chi connectivity index (χ4n) is 2.48. The number of carbonyl (C=O) groups excluding carboxylic acids is 4. The minimum atomic E-state index is -0.654. The van der Waals surface area contributed by atoms with E-state index in [1.165, 1.54) is 13.2 Å². The van der Waals surface area contributed by atoms with Gasteiger partial charge in [0.1, 0.15) is 6.54 Å². The summed E-state index contributed by atoms with van der Waals surface area (Å²) in [6.07, 6.45) is 1.19. The quantitative estimate of drug-likeness (QED) is 0.254. The number of ether oxygens (including phenoxy) is 4. The second-order valence-corrected chi connectivity index (χ2v) is 8.59. The van der Waals surface area contributed by atoms with Crippen molar-refractivity contribution in [1.29, 1.82) is 0 Å². The molecule has 1 fully saturated rings. The molecule has 1 aromatic carbocycles. The lowest BCUT2D eigenvalue weighted by Gasteiger charge is -2.14. The summed E-state index contributed by atoms with van der Waals surface area (Å²) in [5, 5.41) is -0.547. The molecule has 168 valence electrons. The van der Waals surface area contributed by atoms with Crippen LogP contribution in [0.15, 0.2) is 17.0 Å². The van der Waals surface area contributed by atoms with Crippen LogP contribution in [-0.4, -0.2) is 61.0 Å². The molecule has 11 heteroatoms. The van der Waals surface area contributed by atoms with E-state index in [0.29, 0.717) is 27.2 Å². The molecule has 1 saturated heterocycles. The first kappa shape index (κ1) is 25.0. The average molecular weight is 563 g/mol. The van der Waals surface area contributed by atoms with E-state index in [1.807, 2.05) is 22.6 Å². The molecule has 9 nitrogen and oxygen atoms in total. The third-order valence-corrected chi connectivity index (χ3v) is 5.43. The Morgan fingerprint density at radius 2 is 1.90 bits per heavy atom. The molecule has 0 spiro atoms. The van der Waals surface area contributed by atoms with Crippen LogP contribution in [0.25, 0.3) is 6.08 Å². The maximum atomic E-state index is 12.6. The molecule has 0 aliphatic carbocycles. The van der Waals surface area contributed by atoms with Crippen molar-refractivity contribution in [3.8, 4) is 11.5 Å². The van der Waals surface area contributed by atoms with Crippen LogP contribution in [0.1, 0.15) is 26.3 Å². The Morgan fingerprint density at radius 1 is 1.19 bits per heavy atom. The van der Waals surface area contributed by atoms with Gasteiger partial charge >= 0.3 is 11.9 Å². The van der Waals surface area contributed by atoms with Crippen LogP contribution in [0.5, 0.6) is 11.5 Å². The molecule has 31 heavy (non-hydrogen) atoms. The van der Waals surface area contributed by atoms with Gasteiger partial charge in [-0.05, 0) is 78.9 Å². The first-order chi connectivity index (χ1) is 14.7. The minimum Gasteiger partial charge on any atom is -0.490 e. The van der Waals surface area contributed by atoms with Crippen molar-refractivity contribution in [2.24, 2.45) is 0 Å². The average Bonchev–Trinajstić information content (AvgIpc) is 2.94. The number of hydrogen-bond acceptors (Lipinski definition) is 9. The first-order valence-corrected chi connectivity index (χ1v) is 11.2. The topological polar surface area (TPSA) is 108 Å². The number of hydrogen-bond donors (Lipinski definition) is 0. The standard InChI is InChI=1S/C20H22INO8S/c1-5-28-14-7-12(6-13(21)18(14)29-10-17(24)27-4)8-15-19(25)22(20(26)31-15)9-16(23)30-11(2)3/h6-8,11H,5,9-10H2,1-4H3/b15-8-. The Kier molecular flexibility index (Phi) is 9.16. The van der Waals surface area contributed by atoms with E-state index in [0.717, 1.165) is 16.7 Å². The van der Waals surface area contributed by atoms with Crippen molar-refractivity contribution in [2.45, 2.75) is 26.9 Å². The highest BCUT2D eigenvalue weighted by molar-refractivity contribution is 14.1. The van der Waals surface area contributed by atoms with Gasteiger partial charge in [0, 0.05) is 0 Å². The normalized spacial score (nSPS) is 14.9. The molecule has 1 aliphatic rings. The Bertz CT molecular complexity index is 915. The van der Waals surface area contributed by atoms with E-state index in [-0.39, 0.29) is 17.6 Å². The summed E-state index contributed by atoms with van der Waals surface area (Å²) in [6.45, 7) is 4.79. The smallest absolute Gasteiger partial charge is 0.343 e. The van der Waals surface area contributed by atoms with E-state index in [9.17, 15) is 19.2 Å². The highest BCUT2D eigenvalue weighted by atomic mass is 127. The predicted octanol–water partition coefficient (Wildman–Crippen LogP) is 3.23. The number of esters is 2. The third kappa shape index (κ3) is 6.86. The zero-order valence-electron chi connectivity index (χ0n) is 17.4. The molecule has 0 radical (unpaired) electrons. The van der Waals surface area contributed by atoms with Crippen LogP contribution in [0.2, 0.25) is 0 Å². The lowest BCUT2D eigenvalue weighted by Crippen LogP contribution is -2.35. The lowest BCUT2D eigenvalue weighted by molar-refractivity contribution is -0.149. The molecular weight excluding hydrogens is 541 g/mol. The van der Waals surface area contributed by atoms with Gasteiger partial charge < -0.3 is 18.9 Å². The Labute approximate surface area is 197 Å². The van der Waals surface area contributed by atoms with Crippen molar-refractivity contribution in [2.75, 3.05) is 26.9 Å². The van der Waals surface area contributed by atoms with E-state index < -0.39 is 29.6 Å². The molecule has 0 saturated carbocycles. The van der Waals surface area contributed by atoms with E-state index in [4.69, 9.17) is 14.2 Å². The summed E-state index contributed by atoms with van der Waals surface area (Å²) in [4.78, 5) is 49.1. The van der Waals surface area contributed by atoms with Gasteiger partial charge in [0.2, 0.25) is 0 Å². The fraction of sp³-hybridized carbons (Fsp3) is 0.400. The summed E-state index contributed by atoms with van der Waals surface area (Å²) in [7, 11) is 1.26. The highest BCUT2D eigenvalue weighted by Gasteiger charge is 2.36. The van der Waals surface area contributed by atoms with Crippen molar-refractivity contribution in [3.05, 3.63) is 26.2 Å². The summed E-state index contributed by atoms with van der Waals surface area (Å²) in [5.41, 5.74) is 0.591. The van der Waals surface area contributed by atoms with Gasteiger partial charge in [-0.1, -0.05) is 0 Å². The van der Waals surface area contributed by atoms with Gasteiger partial charge in [-0.15, -0.1) is 0 Å². The van der Waals surface area contributed by atoms with Crippen LogP contribution >= 0.6 is 34.4 Å². The van der Waals surface area contributed by atoms with Crippen LogP contribution in [0.4, 0.5) is 4.79 Å². The van der Waals surface area contributed by atoms with Crippen LogP contribution in [0.3, 0.4) is 0 Å². The van der Waals surface area contributed by atoms with Crippen molar-refractivity contribution < 1.29 is 38.1 Å². The predicted molar refractivity (Wildman–Crippen MR) is 122 cm³/mol. The molecule has 1 aromatic rings. The summed E-state index contributed by atoms with van der Waals surface area (Å²) in [6, 6.07) is 3.36. The van der Waals surface area contributed by atoms with Gasteiger partial charge in [-0.3, -0.25) is 19.3 Å². The maximum absolute atomic E-state index is 12.6. The minimum absolute atomic E-state index is 0.170. The molecule has 0 aromatic heterocycles. The zero-order valence-corrected chi connectivity index (χ0v) is 20.4. The van der Waals surface area contributed by atoms with Crippen LogP contribution < -0.4 is 9.47 Å². The number of rotatable bonds is 9. The van der Waals surface area contributed by atoms with Gasteiger partial charge in [-0.25, -0.2) is 4.79 Å². The summed E-state index contributed by atoms with van der Waals surface area (Å²) >= 11 is 2.76. The van der Waals surface area contributed by atoms with Crippen LogP contribution in [0, 0.1) is 3.57 Å². The number of carbonyl (C=O) groups is 4. The van der Waals surface area contributed by atoms with Gasteiger partial charge in [0.25, 0.3) is 11.1 Å². The number of amides is 2. The molecule has 2 amide bonds.